The molecule has 0 amide bonds. The molecular formula is C17H24N2O5S. The zero-order valence-electron chi connectivity index (χ0n) is 14.6. The molecule has 138 valence electrons. The van der Waals surface area contributed by atoms with Crippen molar-refractivity contribution < 1.29 is 22.8 Å². The first kappa shape index (κ1) is 19.7. The number of ether oxygens (including phenoxy) is 1. The summed E-state index contributed by atoms with van der Waals surface area (Å²) >= 11 is 0. The molecule has 25 heavy (non-hydrogen) atoms. The molecule has 2 atom stereocenters. The first-order valence-electron chi connectivity index (χ1n) is 8.10. The second kappa shape index (κ2) is 7.30. The topological polar surface area (TPSA) is 111 Å². The fourth-order valence-electron chi connectivity index (χ4n) is 3.25. The van der Waals surface area contributed by atoms with Gasteiger partial charge in [0.25, 0.3) is 10.1 Å². The van der Waals surface area contributed by atoms with Crippen molar-refractivity contribution in [3.8, 4) is 11.8 Å². The standard InChI is InChI=1S/C16H20N2O2.CH4O3S/c1-16(2)15(19)14(18-7-3-4-8-18)12-9-11(10-17)5-6-13(12)20-16;1-5(2,3)4/h5-6,9,14-15,19H,3-4,7-8H2,1-2H3;1H3,(H,2,3,4)/t14?,15-;/m0./s1. The first-order valence-corrected chi connectivity index (χ1v) is 9.95. The van der Waals surface area contributed by atoms with Gasteiger partial charge in [0.2, 0.25) is 0 Å². The zero-order valence-corrected chi connectivity index (χ0v) is 15.5. The van der Waals surface area contributed by atoms with Crippen LogP contribution in [0.5, 0.6) is 5.75 Å². The third-order valence-corrected chi connectivity index (χ3v) is 4.38. The van der Waals surface area contributed by atoms with Crippen molar-refractivity contribution >= 4 is 10.1 Å². The van der Waals surface area contributed by atoms with Crippen LogP contribution in [0, 0.1) is 11.3 Å². The van der Waals surface area contributed by atoms with E-state index in [0.717, 1.165) is 37.2 Å². The Hall–Kier alpha value is -1.66. The SMILES string of the molecule is CC1(C)Oc2ccc(C#N)cc2C(N2CCCC2)[C@@H]1O.CS(=O)(=O)O. The van der Waals surface area contributed by atoms with Gasteiger partial charge in [-0.1, -0.05) is 0 Å². The van der Waals surface area contributed by atoms with Gasteiger partial charge in [0.15, 0.2) is 0 Å². The molecule has 7 nitrogen and oxygen atoms in total. The molecule has 8 heteroatoms. The molecule has 1 fully saturated rings. The highest BCUT2D eigenvalue weighted by Gasteiger charge is 2.45. The number of hydrogen-bond donors (Lipinski definition) is 2. The molecular weight excluding hydrogens is 344 g/mol. The minimum Gasteiger partial charge on any atom is -0.485 e. The molecule has 0 spiro atoms. The minimum absolute atomic E-state index is 0.0791. The van der Waals surface area contributed by atoms with Gasteiger partial charge in [-0.25, -0.2) is 0 Å². The lowest BCUT2D eigenvalue weighted by Crippen LogP contribution is -2.53. The van der Waals surface area contributed by atoms with E-state index in [-0.39, 0.29) is 6.04 Å². The number of rotatable bonds is 1. The van der Waals surface area contributed by atoms with E-state index in [1.54, 1.807) is 6.07 Å². The second-order valence-corrected chi connectivity index (χ2v) is 8.40. The van der Waals surface area contributed by atoms with Crippen LogP contribution in [0.3, 0.4) is 0 Å². The third-order valence-electron chi connectivity index (χ3n) is 4.38. The summed E-state index contributed by atoms with van der Waals surface area (Å²) in [5.74, 6) is 0.788. The fourth-order valence-corrected chi connectivity index (χ4v) is 3.25. The normalized spacial score (nSPS) is 25.1. The lowest BCUT2D eigenvalue weighted by atomic mass is 9.85. The van der Waals surface area contributed by atoms with E-state index < -0.39 is 21.8 Å². The highest BCUT2D eigenvalue weighted by molar-refractivity contribution is 7.85. The Bertz CT molecular complexity index is 756. The molecule has 1 aromatic carbocycles. The fraction of sp³-hybridized carbons (Fsp3) is 0.588. The molecule has 0 radical (unpaired) electrons. The van der Waals surface area contributed by atoms with Crippen molar-refractivity contribution in [2.45, 2.75) is 44.4 Å². The first-order chi connectivity index (χ1) is 11.5. The summed E-state index contributed by atoms with van der Waals surface area (Å²) in [5, 5.41) is 19.8. The highest BCUT2D eigenvalue weighted by atomic mass is 32.2. The van der Waals surface area contributed by atoms with E-state index in [2.05, 4.69) is 11.0 Å². The van der Waals surface area contributed by atoms with Crippen LogP contribution in [0.4, 0.5) is 0 Å². The molecule has 1 aromatic rings. The number of nitriles is 1. The Morgan fingerprint density at radius 3 is 2.40 bits per heavy atom. The smallest absolute Gasteiger partial charge is 0.261 e. The maximum absolute atomic E-state index is 10.7. The predicted octanol–water partition coefficient (Wildman–Crippen LogP) is 1.73. The van der Waals surface area contributed by atoms with E-state index in [9.17, 15) is 13.5 Å². The Labute approximate surface area is 148 Å². The van der Waals surface area contributed by atoms with Crippen molar-refractivity contribution in [3.63, 3.8) is 0 Å². The second-order valence-electron chi connectivity index (χ2n) is 6.94. The van der Waals surface area contributed by atoms with Crippen LogP contribution in [0.15, 0.2) is 18.2 Å². The van der Waals surface area contributed by atoms with Crippen LogP contribution < -0.4 is 4.74 Å². The van der Waals surface area contributed by atoms with Crippen LogP contribution in [0.1, 0.15) is 43.9 Å². The van der Waals surface area contributed by atoms with Gasteiger partial charge in [-0.3, -0.25) is 9.45 Å². The summed E-state index contributed by atoms with van der Waals surface area (Å²) in [7, 11) is -3.67. The molecule has 2 aliphatic heterocycles. The van der Waals surface area contributed by atoms with Crippen LogP contribution in [0.25, 0.3) is 0 Å². The number of likely N-dealkylation sites (tertiary alicyclic amines) is 1. The summed E-state index contributed by atoms with van der Waals surface area (Å²) in [6.45, 7) is 5.83. The van der Waals surface area contributed by atoms with Crippen LogP contribution in [-0.2, 0) is 10.1 Å². The van der Waals surface area contributed by atoms with Gasteiger partial charge in [-0.05, 0) is 58.0 Å². The number of aliphatic hydroxyl groups excluding tert-OH is 1. The van der Waals surface area contributed by atoms with Crippen LogP contribution in [-0.4, -0.2) is 54.0 Å². The van der Waals surface area contributed by atoms with Gasteiger partial charge < -0.3 is 9.84 Å². The van der Waals surface area contributed by atoms with Crippen molar-refractivity contribution in [2.75, 3.05) is 19.3 Å². The van der Waals surface area contributed by atoms with Crippen molar-refractivity contribution in [2.24, 2.45) is 0 Å². The molecule has 3 rings (SSSR count). The van der Waals surface area contributed by atoms with Gasteiger partial charge in [-0.15, -0.1) is 0 Å². The van der Waals surface area contributed by atoms with Crippen molar-refractivity contribution in [1.82, 2.24) is 4.90 Å². The Balaban J connectivity index is 0.000000399. The Kier molecular flexibility index (Phi) is 5.74. The summed E-state index contributed by atoms with van der Waals surface area (Å²) in [4.78, 5) is 2.31. The molecule has 0 saturated carbocycles. The molecule has 1 saturated heterocycles. The number of hydrogen-bond acceptors (Lipinski definition) is 6. The van der Waals surface area contributed by atoms with Gasteiger partial charge in [0.1, 0.15) is 17.5 Å². The molecule has 1 unspecified atom stereocenters. The molecule has 2 aliphatic rings. The van der Waals surface area contributed by atoms with E-state index in [0.29, 0.717) is 11.8 Å². The Morgan fingerprint density at radius 1 is 1.32 bits per heavy atom. The maximum atomic E-state index is 10.7. The molecule has 2 N–H and O–H groups in total. The summed E-state index contributed by atoms with van der Waals surface area (Å²) in [6, 6.07) is 7.57. The monoisotopic (exact) mass is 368 g/mol. The quantitative estimate of drug-likeness (QED) is 0.726. The molecule has 0 aliphatic carbocycles. The van der Waals surface area contributed by atoms with Gasteiger partial charge in [0, 0.05) is 5.56 Å². The maximum Gasteiger partial charge on any atom is 0.261 e. The predicted molar refractivity (Wildman–Crippen MR) is 92.9 cm³/mol. The van der Waals surface area contributed by atoms with Crippen molar-refractivity contribution in [1.29, 1.82) is 5.26 Å². The lowest BCUT2D eigenvalue weighted by Gasteiger charge is -2.45. The average molecular weight is 368 g/mol. The Morgan fingerprint density at radius 2 is 1.88 bits per heavy atom. The van der Waals surface area contributed by atoms with Crippen LogP contribution in [0.2, 0.25) is 0 Å². The van der Waals surface area contributed by atoms with Crippen LogP contribution >= 0.6 is 0 Å². The van der Waals surface area contributed by atoms with Crippen molar-refractivity contribution in [3.05, 3.63) is 29.3 Å². The number of benzene rings is 1. The third kappa shape index (κ3) is 4.92. The molecule has 2 heterocycles. The number of aliphatic hydroxyl groups is 1. The van der Waals surface area contributed by atoms with E-state index >= 15 is 0 Å². The summed E-state index contributed by atoms with van der Waals surface area (Å²) in [6.07, 6.45) is 2.45. The number of nitrogens with zero attached hydrogens (tertiary/aromatic N) is 2. The minimum atomic E-state index is -3.67. The van der Waals surface area contributed by atoms with E-state index in [1.165, 1.54) is 0 Å². The summed E-state index contributed by atoms with van der Waals surface area (Å²) < 4.78 is 31.8. The summed E-state index contributed by atoms with van der Waals surface area (Å²) in [5.41, 5.74) is 0.940. The highest BCUT2D eigenvalue weighted by Crippen LogP contribution is 2.44. The van der Waals surface area contributed by atoms with Gasteiger partial charge in [0.05, 0.1) is 23.9 Å². The lowest BCUT2D eigenvalue weighted by molar-refractivity contribution is -0.0895. The zero-order chi connectivity index (χ0) is 18.8. The van der Waals surface area contributed by atoms with Gasteiger partial charge >= 0.3 is 0 Å². The molecule has 0 bridgehead atoms. The average Bonchev–Trinajstić information content (AvgIpc) is 3.00. The largest absolute Gasteiger partial charge is 0.485 e. The van der Waals surface area contributed by atoms with E-state index in [1.807, 2.05) is 26.0 Å². The number of fused-ring (bicyclic) bond motifs is 1. The van der Waals surface area contributed by atoms with Gasteiger partial charge in [-0.2, -0.15) is 13.7 Å². The molecule has 0 aromatic heterocycles. The van der Waals surface area contributed by atoms with E-state index in [4.69, 9.17) is 14.6 Å².